The number of fused-ring (bicyclic) bond motifs is 5. The predicted octanol–water partition coefficient (Wildman–Crippen LogP) is 6.95. The summed E-state index contributed by atoms with van der Waals surface area (Å²) in [5, 5.41) is 15.1. The number of ether oxygens (including phenoxy) is 1. The summed E-state index contributed by atoms with van der Waals surface area (Å²) in [4.78, 5) is 16.8. The molecule has 210 valence electrons. The summed E-state index contributed by atoms with van der Waals surface area (Å²) in [6, 6.07) is 4.83. The Morgan fingerprint density at radius 2 is 1.89 bits per heavy atom. The van der Waals surface area contributed by atoms with Crippen LogP contribution in [0.2, 0.25) is 0 Å². The maximum atomic E-state index is 12.2. The van der Waals surface area contributed by atoms with Crippen LogP contribution in [0.3, 0.4) is 0 Å². The molecule has 3 saturated carbocycles. The van der Waals surface area contributed by atoms with Gasteiger partial charge in [0.15, 0.2) is 5.78 Å². The lowest BCUT2D eigenvalue weighted by molar-refractivity contribution is -0.118. The zero-order chi connectivity index (χ0) is 26.9. The molecule has 1 aromatic heterocycles. The van der Waals surface area contributed by atoms with Gasteiger partial charge in [0.05, 0.1) is 18.4 Å². The molecule has 5 heteroatoms. The number of hydrogen-bond acceptors (Lipinski definition) is 5. The number of nitrogens with zero attached hydrogens (tertiary/aromatic N) is 1. The molecule has 1 aromatic rings. The molecule has 0 bridgehead atoms. The SMILES string of the molecule is CCC(CC)NC(CC)c1cc(OCC[C@]23CCC4C(CCC5=CC(=O)CC[C@@]54C)C2CCC3O)ccn1. The zero-order valence-corrected chi connectivity index (χ0v) is 24.2. The van der Waals surface area contributed by atoms with E-state index in [-0.39, 0.29) is 23.0 Å². The third-order valence-corrected chi connectivity index (χ3v) is 11.4. The van der Waals surface area contributed by atoms with Crippen molar-refractivity contribution in [1.29, 1.82) is 0 Å². The van der Waals surface area contributed by atoms with Crippen LogP contribution in [0.15, 0.2) is 30.0 Å². The lowest BCUT2D eigenvalue weighted by Crippen LogP contribution is -2.52. The molecule has 1 heterocycles. The molecule has 0 radical (unpaired) electrons. The van der Waals surface area contributed by atoms with Crippen molar-refractivity contribution in [2.45, 2.75) is 123 Å². The van der Waals surface area contributed by atoms with Gasteiger partial charge in [-0.1, -0.05) is 33.3 Å². The first kappa shape index (κ1) is 27.8. The number of ketones is 1. The normalized spacial score (nSPS) is 35.3. The van der Waals surface area contributed by atoms with Crippen LogP contribution in [-0.2, 0) is 4.79 Å². The van der Waals surface area contributed by atoms with E-state index < -0.39 is 0 Å². The highest BCUT2D eigenvalue weighted by Crippen LogP contribution is 2.66. The van der Waals surface area contributed by atoms with Crippen molar-refractivity contribution < 1.29 is 14.6 Å². The molecule has 5 unspecified atom stereocenters. The molecule has 7 atom stereocenters. The molecule has 5 rings (SSSR count). The molecule has 0 amide bonds. The summed E-state index contributed by atoms with van der Waals surface area (Å²) in [5.74, 6) is 3.09. The third-order valence-electron chi connectivity index (χ3n) is 11.4. The van der Waals surface area contributed by atoms with Crippen LogP contribution < -0.4 is 10.1 Å². The van der Waals surface area contributed by atoms with Crippen LogP contribution in [0.5, 0.6) is 5.75 Å². The highest BCUT2D eigenvalue weighted by Gasteiger charge is 2.60. The largest absolute Gasteiger partial charge is 0.493 e. The van der Waals surface area contributed by atoms with Gasteiger partial charge in [-0.3, -0.25) is 9.78 Å². The summed E-state index contributed by atoms with van der Waals surface area (Å²) in [6.45, 7) is 9.76. The van der Waals surface area contributed by atoms with E-state index in [1.54, 1.807) is 0 Å². The average molecular weight is 523 g/mol. The minimum Gasteiger partial charge on any atom is -0.493 e. The summed E-state index contributed by atoms with van der Waals surface area (Å²) < 4.78 is 6.38. The summed E-state index contributed by atoms with van der Waals surface area (Å²) in [7, 11) is 0. The van der Waals surface area contributed by atoms with Crippen LogP contribution in [-0.4, -0.2) is 34.6 Å². The second kappa shape index (κ2) is 11.4. The van der Waals surface area contributed by atoms with Crippen molar-refractivity contribution in [3.8, 4) is 5.75 Å². The topological polar surface area (TPSA) is 71.5 Å². The van der Waals surface area contributed by atoms with Gasteiger partial charge in [-0.15, -0.1) is 0 Å². The average Bonchev–Trinajstić information content (AvgIpc) is 3.26. The number of hydrogen-bond donors (Lipinski definition) is 2. The number of rotatable bonds is 10. The van der Waals surface area contributed by atoms with E-state index in [1.807, 2.05) is 18.3 Å². The van der Waals surface area contributed by atoms with Crippen LogP contribution in [0.1, 0.15) is 116 Å². The fourth-order valence-corrected chi connectivity index (χ4v) is 9.11. The van der Waals surface area contributed by atoms with E-state index >= 15 is 0 Å². The quantitative estimate of drug-likeness (QED) is 0.348. The number of carbonyl (C=O) groups excluding carboxylic acids is 1. The molecule has 2 N–H and O–H groups in total. The lowest BCUT2D eigenvalue weighted by atomic mass is 9.46. The van der Waals surface area contributed by atoms with Gasteiger partial charge >= 0.3 is 0 Å². The Morgan fingerprint density at radius 3 is 2.66 bits per heavy atom. The third kappa shape index (κ3) is 4.98. The molecule has 0 aliphatic heterocycles. The first-order valence-corrected chi connectivity index (χ1v) is 15.6. The second-order valence-corrected chi connectivity index (χ2v) is 13.0. The van der Waals surface area contributed by atoms with Gasteiger partial charge in [0.25, 0.3) is 0 Å². The Balaban J connectivity index is 1.26. The van der Waals surface area contributed by atoms with E-state index in [1.165, 1.54) is 18.4 Å². The minimum absolute atomic E-state index is 0.0257. The van der Waals surface area contributed by atoms with Crippen LogP contribution in [0.4, 0.5) is 0 Å². The number of carbonyl (C=O) groups is 1. The molecule has 0 aromatic carbocycles. The molecule has 5 nitrogen and oxygen atoms in total. The van der Waals surface area contributed by atoms with Crippen molar-refractivity contribution in [2.24, 2.45) is 28.6 Å². The lowest BCUT2D eigenvalue weighted by Gasteiger charge is -2.58. The van der Waals surface area contributed by atoms with Crippen molar-refractivity contribution in [1.82, 2.24) is 10.3 Å². The highest BCUT2D eigenvalue weighted by atomic mass is 16.5. The van der Waals surface area contributed by atoms with Crippen LogP contribution in [0.25, 0.3) is 0 Å². The Hall–Kier alpha value is -1.72. The number of nitrogens with one attached hydrogen (secondary N) is 1. The van der Waals surface area contributed by atoms with Gasteiger partial charge in [0.1, 0.15) is 5.75 Å². The van der Waals surface area contributed by atoms with E-state index in [0.717, 1.165) is 69.2 Å². The highest BCUT2D eigenvalue weighted by molar-refractivity contribution is 5.91. The molecular formula is C33H50N2O3. The Labute approximate surface area is 230 Å². The fraction of sp³-hybridized carbons (Fsp3) is 0.758. The number of aliphatic hydroxyl groups excluding tert-OH is 1. The van der Waals surface area contributed by atoms with E-state index in [2.05, 4.69) is 44.1 Å². The van der Waals surface area contributed by atoms with Gasteiger partial charge in [0, 0.05) is 36.2 Å². The van der Waals surface area contributed by atoms with Gasteiger partial charge in [-0.05, 0) is 106 Å². The molecule has 0 saturated heterocycles. The predicted molar refractivity (Wildman–Crippen MR) is 152 cm³/mol. The summed E-state index contributed by atoms with van der Waals surface area (Å²) >= 11 is 0. The maximum Gasteiger partial charge on any atom is 0.155 e. The molecule has 4 aliphatic carbocycles. The van der Waals surface area contributed by atoms with Gasteiger partial charge in [0.2, 0.25) is 0 Å². The van der Waals surface area contributed by atoms with Crippen LogP contribution >= 0.6 is 0 Å². The summed E-state index contributed by atoms with van der Waals surface area (Å²) in [5.41, 5.74) is 2.63. The molecular weight excluding hydrogens is 472 g/mol. The van der Waals surface area contributed by atoms with Crippen molar-refractivity contribution >= 4 is 5.78 Å². The molecule has 4 aliphatic rings. The van der Waals surface area contributed by atoms with Gasteiger partial charge in [-0.2, -0.15) is 0 Å². The number of aromatic nitrogens is 1. The Morgan fingerprint density at radius 1 is 1.08 bits per heavy atom. The smallest absolute Gasteiger partial charge is 0.155 e. The van der Waals surface area contributed by atoms with Crippen molar-refractivity contribution in [3.63, 3.8) is 0 Å². The Kier molecular flexibility index (Phi) is 8.36. The Bertz CT molecular complexity index is 1020. The minimum atomic E-state index is -0.226. The van der Waals surface area contributed by atoms with Crippen molar-refractivity contribution in [2.75, 3.05) is 6.61 Å². The first-order chi connectivity index (χ1) is 18.3. The zero-order valence-electron chi connectivity index (χ0n) is 24.2. The summed E-state index contributed by atoms with van der Waals surface area (Å²) in [6.07, 6.45) is 16.0. The van der Waals surface area contributed by atoms with Crippen molar-refractivity contribution in [3.05, 3.63) is 35.7 Å². The van der Waals surface area contributed by atoms with E-state index in [4.69, 9.17) is 4.74 Å². The van der Waals surface area contributed by atoms with Gasteiger partial charge < -0.3 is 15.2 Å². The monoisotopic (exact) mass is 522 g/mol. The van der Waals surface area contributed by atoms with E-state index in [0.29, 0.717) is 42.6 Å². The first-order valence-electron chi connectivity index (χ1n) is 15.6. The molecule has 0 spiro atoms. The molecule has 38 heavy (non-hydrogen) atoms. The number of pyridine rings is 1. The number of allylic oxidation sites excluding steroid dienone is 1. The number of aliphatic hydroxyl groups is 1. The van der Waals surface area contributed by atoms with Crippen LogP contribution in [0, 0.1) is 28.6 Å². The standard InChI is InChI=1S/C33H50N2O3/c1-5-23(6-2)35-29(7-3)30-21-25(14-18-34-30)38-19-17-33-16-13-27-26(28(33)10-11-31(33)37)9-8-22-20-24(36)12-15-32(22,27)4/h14,18,20-21,23,26-29,31,35,37H,5-13,15-17,19H2,1-4H3/t26?,27?,28?,29?,31?,32-,33+/m0/s1. The van der Waals surface area contributed by atoms with Gasteiger partial charge in [-0.25, -0.2) is 0 Å². The second-order valence-electron chi connectivity index (χ2n) is 13.0. The maximum absolute atomic E-state index is 12.2. The fourth-order valence-electron chi connectivity index (χ4n) is 9.11. The van der Waals surface area contributed by atoms with E-state index in [9.17, 15) is 9.90 Å². The molecule has 3 fully saturated rings.